The second kappa shape index (κ2) is 13.2. The molecule has 1 unspecified atom stereocenters. The SMILES string of the molecule is CCC(CNC)N/C=C(/C)C(N)=Nc1cnccc1C=O.COC. The van der Waals surface area contributed by atoms with Gasteiger partial charge in [0.1, 0.15) is 5.84 Å². The molecule has 0 radical (unpaired) electrons. The molecule has 134 valence electrons. The molecular weight excluding hydrogens is 306 g/mol. The van der Waals surface area contributed by atoms with Crippen molar-refractivity contribution in [2.45, 2.75) is 26.3 Å². The molecule has 0 amide bonds. The van der Waals surface area contributed by atoms with E-state index in [0.717, 1.165) is 24.8 Å². The topological polar surface area (TPSA) is 102 Å². The number of amidine groups is 1. The first kappa shape index (κ1) is 21.8. The molecule has 1 heterocycles. The number of aromatic nitrogens is 1. The first-order valence-electron chi connectivity index (χ1n) is 7.75. The normalized spacial score (nSPS) is 12.9. The van der Waals surface area contributed by atoms with Crippen molar-refractivity contribution in [3.63, 3.8) is 0 Å². The molecule has 1 atom stereocenters. The molecule has 0 aliphatic carbocycles. The van der Waals surface area contributed by atoms with Gasteiger partial charge in [0.2, 0.25) is 0 Å². The lowest BCUT2D eigenvalue weighted by Gasteiger charge is -2.15. The van der Waals surface area contributed by atoms with Gasteiger partial charge in [-0.15, -0.1) is 0 Å². The lowest BCUT2D eigenvalue weighted by Crippen LogP contribution is -2.34. The molecule has 7 nitrogen and oxygen atoms in total. The van der Waals surface area contributed by atoms with Gasteiger partial charge in [-0.25, -0.2) is 4.99 Å². The molecule has 0 spiro atoms. The molecule has 7 heteroatoms. The number of ether oxygens (including phenoxy) is 1. The summed E-state index contributed by atoms with van der Waals surface area (Å²) >= 11 is 0. The molecule has 1 aromatic rings. The highest BCUT2D eigenvalue weighted by Gasteiger charge is 2.04. The van der Waals surface area contributed by atoms with Gasteiger partial charge in [-0.2, -0.15) is 0 Å². The fraction of sp³-hybridized carbons (Fsp3) is 0.471. The third kappa shape index (κ3) is 8.40. The maximum Gasteiger partial charge on any atom is 0.152 e. The minimum Gasteiger partial charge on any atom is -0.388 e. The Kier molecular flexibility index (Phi) is 12.0. The van der Waals surface area contributed by atoms with E-state index in [1.165, 1.54) is 6.20 Å². The summed E-state index contributed by atoms with van der Waals surface area (Å²) < 4.78 is 4.25. The van der Waals surface area contributed by atoms with E-state index in [9.17, 15) is 4.79 Å². The summed E-state index contributed by atoms with van der Waals surface area (Å²) in [6, 6.07) is 1.94. The lowest BCUT2D eigenvalue weighted by molar-refractivity contribution is 0.112. The van der Waals surface area contributed by atoms with Crippen molar-refractivity contribution in [1.82, 2.24) is 15.6 Å². The molecule has 0 fully saturated rings. The third-order valence-electron chi connectivity index (χ3n) is 3.08. The van der Waals surface area contributed by atoms with Crippen LogP contribution >= 0.6 is 0 Å². The lowest BCUT2D eigenvalue weighted by atomic mass is 10.2. The second-order valence-corrected chi connectivity index (χ2v) is 5.11. The molecular formula is C17H29N5O2. The maximum atomic E-state index is 10.9. The number of rotatable bonds is 8. The Morgan fingerprint density at radius 2 is 2.17 bits per heavy atom. The zero-order valence-electron chi connectivity index (χ0n) is 15.2. The van der Waals surface area contributed by atoms with Gasteiger partial charge >= 0.3 is 0 Å². The van der Waals surface area contributed by atoms with Crippen LogP contribution in [0.1, 0.15) is 30.6 Å². The van der Waals surface area contributed by atoms with Crippen molar-refractivity contribution in [2.24, 2.45) is 10.7 Å². The summed E-state index contributed by atoms with van der Waals surface area (Å²) in [5.74, 6) is 0.359. The smallest absolute Gasteiger partial charge is 0.152 e. The van der Waals surface area contributed by atoms with Crippen LogP contribution in [0.25, 0.3) is 0 Å². The first-order valence-corrected chi connectivity index (χ1v) is 7.75. The van der Waals surface area contributed by atoms with Crippen LogP contribution in [0.4, 0.5) is 5.69 Å². The van der Waals surface area contributed by atoms with Crippen LogP contribution < -0.4 is 16.4 Å². The highest BCUT2D eigenvalue weighted by molar-refractivity contribution is 5.99. The van der Waals surface area contributed by atoms with Gasteiger partial charge < -0.3 is 21.1 Å². The molecule has 4 N–H and O–H groups in total. The van der Waals surface area contributed by atoms with E-state index in [2.05, 4.69) is 32.3 Å². The monoisotopic (exact) mass is 335 g/mol. The van der Waals surface area contributed by atoms with E-state index >= 15 is 0 Å². The molecule has 1 rings (SSSR count). The van der Waals surface area contributed by atoms with Crippen molar-refractivity contribution < 1.29 is 9.53 Å². The van der Waals surface area contributed by atoms with Crippen LogP contribution in [0, 0.1) is 0 Å². The molecule has 24 heavy (non-hydrogen) atoms. The zero-order valence-corrected chi connectivity index (χ0v) is 15.2. The Morgan fingerprint density at radius 1 is 1.50 bits per heavy atom. The minimum absolute atomic E-state index is 0.335. The standard InChI is InChI=1S/C15H23N5O.C2H6O/c1-4-13(8-17-3)19-7-11(2)15(16)20-14-9-18-6-5-12(14)10-21;1-3-2/h5-7,9-10,13,17,19H,4,8H2,1-3H3,(H2,16,20);1-2H3/b11-7-;. The number of nitrogens with two attached hydrogens (primary N) is 1. The Labute approximate surface area is 144 Å². The number of methoxy groups -OCH3 is 1. The molecule has 0 saturated heterocycles. The molecule has 0 aliphatic heterocycles. The van der Waals surface area contributed by atoms with E-state index in [4.69, 9.17) is 5.73 Å². The molecule has 0 saturated carbocycles. The zero-order chi connectivity index (χ0) is 18.4. The van der Waals surface area contributed by atoms with E-state index in [-0.39, 0.29) is 0 Å². The van der Waals surface area contributed by atoms with Crippen LogP contribution in [-0.4, -0.2) is 51.0 Å². The number of aliphatic imine (C=N–C) groups is 1. The number of hydrogen-bond acceptors (Lipinski definition) is 6. The fourth-order valence-corrected chi connectivity index (χ4v) is 1.69. The van der Waals surface area contributed by atoms with Gasteiger partial charge in [0.05, 0.1) is 11.9 Å². The number of carbonyl (C=O) groups is 1. The van der Waals surface area contributed by atoms with Gasteiger partial charge in [0.25, 0.3) is 0 Å². The number of carbonyl (C=O) groups excluding carboxylic acids is 1. The van der Waals surface area contributed by atoms with Crippen molar-refractivity contribution >= 4 is 17.8 Å². The van der Waals surface area contributed by atoms with Gasteiger partial charge in [-0.05, 0) is 26.5 Å². The second-order valence-electron chi connectivity index (χ2n) is 5.11. The number of aldehydes is 1. The predicted molar refractivity (Wildman–Crippen MR) is 98.7 cm³/mol. The molecule has 1 aromatic heterocycles. The summed E-state index contributed by atoms with van der Waals surface area (Å²) in [6.45, 7) is 4.85. The van der Waals surface area contributed by atoms with E-state index in [0.29, 0.717) is 23.1 Å². The van der Waals surface area contributed by atoms with Gasteiger partial charge in [-0.1, -0.05) is 6.92 Å². The van der Waals surface area contributed by atoms with Crippen LogP contribution in [-0.2, 0) is 4.74 Å². The minimum atomic E-state index is 0.335. The summed E-state index contributed by atoms with van der Waals surface area (Å²) in [4.78, 5) is 19.1. The van der Waals surface area contributed by atoms with Crippen LogP contribution in [0.2, 0.25) is 0 Å². The van der Waals surface area contributed by atoms with Crippen LogP contribution in [0.15, 0.2) is 35.2 Å². The molecule has 0 aromatic carbocycles. The number of likely N-dealkylation sites (N-methyl/N-ethyl adjacent to an activating group) is 1. The summed E-state index contributed by atoms with van der Waals surface area (Å²) in [7, 11) is 5.17. The number of hydrogen-bond donors (Lipinski definition) is 3. The summed E-state index contributed by atoms with van der Waals surface area (Å²) in [5.41, 5.74) is 7.71. The molecule has 0 bridgehead atoms. The van der Waals surface area contributed by atoms with Crippen molar-refractivity contribution in [1.29, 1.82) is 0 Å². The highest BCUT2D eigenvalue weighted by atomic mass is 16.4. The summed E-state index contributed by atoms with van der Waals surface area (Å²) in [6.07, 6.45) is 6.66. The number of pyridine rings is 1. The van der Waals surface area contributed by atoms with Crippen molar-refractivity contribution in [3.05, 3.63) is 35.8 Å². The quantitative estimate of drug-likeness (QED) is 0.379. The average molecular weight is 335 g/mol. The van der Waals surface area contributed by atoms with E-state index < -0.39 is 0 Å². The van der Waals surface area contributed by atoms with E-state index in [1.807, 2.05) is 20.2 Å². The van der Waals surface area contributed by atoms with Gasteiger partial charge in [-0.3, -0.25) is 9.78 Å². The van der Waals surface area contributed by atoms with Gasteiger partial charge in [0.15, 0.2) is 6.29 Å². The molecule has 0 aliphatic rings. The number of nitrogens with zero attached hydrogens (tertiary/aromatic N) is 2. The fourth-order valence-electron chi connectivity index (χ4n) is 1.69. The maximum absolute atomic E-state index is 10.9. The summed E-state index contributed by atoms with van der Waals surface area (Å²) in [5, 5.41) is 6.42. The highest BCUT2D eigenvalue weighted by Crippen LogP contribution is 2.15. The predicted octanol–water partition coefficient (Wildman–Crippen LogP) is 1.64. The van der Waals surface area contributed by atoms with Crippen LogP contribution in [0.5, 0.6) is 0 Å². The van der Waals surface area contributed by atoms with Crippen molar-refractivity contribution in [2.75, 3.05) is 27.8 Å². The number of nitrogens with one attached hydrogen (secondary N) is 2. The Hall–Kier alpha value is -2.25. The van der Waals surface area contributed by atoms with Gasteiger partial charge in [0, 0.05) is 50.3 Å². The third-order valence-corrected chi connectivity index (χ3v) is 3.08. The Bertz CT molecular complexity index is 544. The van der Waals surface area contributed by atoms with Crippen molar-refractivity contribution in [3.8, 4) is 0 Å². The van der Waals surface area contributed by atoms with E-state index in [1.54, 1.807) is 26.5 Å². The largest absolute Gasteiger partial charge is 0.388 e. The Morgan fingerprint density at radius 3 is 2.71 bits per heavy atom. The Balaban J connectivity index is 0.00000163. The first-order chi connectivity index (χ1) is 11.5. The average Bonchev–Trinajstić information content (AvgIpc) is 2.59. The van der Waals surface area contributed by atoms with Crippen LogP contribution in [0.3, 0.4) is 0 Å².